The Morgan fingerprint density at radius 1 is 1.21 bits per heavy atom. The van der Waals surface area contributed by atoms with Crippen molar-refractivity contribution in [1.82, 2.24) is 25.1 Å². The number of hydrogen-bond acceptors (Lipinski definition) is 7. The summed E-state index contributed by atoms with van der Waals surface area (Å²) in [5.41, 5.74) is 1.97. The Morgan fingerprint density at radius 3 is 3.04 bits per heavy atom. The Labute approximate surface area is 160 Å². The van der Waals surface area contributed by atoms with E-state index >= 15 is 0 Å². The van der Waals surface area contributed by atoms with Crippen molar-refractivity contribution in [2.24, 2.45) is 0 Å². The highest BCUT2D eigenvalue weighted by molar-refractivity contribution is 5.93. The van der Waals surface area contributed by atoms with Crippen molar-refractivity contribution in [3.05, 3.63) is 48.5 Å². The summed E-state index contributed by atoms with van der Waals surface area (Å²) in [7, 11) is 0. The van der Waals surface area contributed by atoms with Crippen LogP contribution in [0.1, 0.15) is 16.9 Å². The molecule has 2 aromatic heterocycles. The molecular formula is C19H17N5O4. The van der Waals surface area contributed by atoms with Gasteiger partial charge in [0.05, 0.1) is 12.2 Å². The van der Waals surface area contributed by atoms with Crippen molar-refractivity contribution < 1.29 is 19.0 Å². The number of nitrogens with one attached hydrogen (secondary N) is 1. The largest absolute Gasteiger partial charge is 0.472 e. The molecule has 3 aromatic rings. The molecule has 4 heterocycles. The molecular weight excluding hydrogens is 362 g/mol. The zero-order valence-electron chi connectivity index (χ0n) is 14.9. The van der Waals surface area contributed by atoms with E-state index < -0.39 is 0 Å². The fourth-order valence-corrected chi connectivity index (χ4v) is 3.33. The van der Waals surface area contributed by atoms with Crippen molar-refractivity contribution in [3.63, 3.8) is 0 Å². The number of rotatable bonds is 4. The predicted molar refractivity (Wildman–Crippen MR) is 97.1 cm³/mol. The van der Waals surface area contributed by atoms with Crippen LogP contribution in [0, 0.1) is 0 Å². The number of aromatic amines is 1. The van der Waals surface area contributed by atoms with E-state index in [4.69, 9.17) is 14.2 Å². The van der Waals surface area contributed by atoms with Crippen LogP contribution < -0.4 is 14.2 Å². The van der Waals surface area contributed by atoms with E-state index in [-0.39, 0.29) is 18.8 Å². The highest BCUT2D eigenvalue weighted by Gasteiger charge is 2.29. The summed E-state index contributed by atoms with van der Waals surface area (Å²) in [6.45, 7) is 1.34. The molecule has 1 atom stereocenters. The highest BCUT2D eigenvalue weighted by atomic mass is 16.7. The molecule has 9 heteroatoms. The minimum Gasteiger partial charge on any atom is -0.472 e. The maximum atomic E-state index is 12.8. The molecule has 5 rings (SSSR count). The zero-order valence-corrected chi connectivity index (χ0v) is 14.9. The average molecular weight is 379 g/mol. The summed E-state index contributed by atoms with van der Waals surface area (Å²) in [6, 6.07) is 9.03. The number of amides is 1. The average Bonchev–Trinajstić information content (AvgIpc) is 3.48. The molecule has 2 aliphatic rings. The van der Waals surface area contributed by atoms with Gasteiger partial charge in [0.15, 0.2) is 11.5 Å². The predicted octanol–water partition coefficient (Wildman–Crippen LogP) is 1.89. The van der Waals surface area contributed by atoms with E-state index in [0.29, 0.717) is 41.9 Å². The fraction of sp³-hybridized carbons (Fsp3) is 0.263. The lowest BCUT2D eigenvalue weighted by atomic mass is 10.1. The minimum atomic E-state index is -0.103. The third-order valence-electron chi connectivity index (χ3n) is 4.75. The molecule has 0 saturated carbocycles. The molecule has 1 N–H and O–H groups in total. The number of carbonyl (C=O) groups excluding carboxylic acids is 1. The van der Waals surface area contributed by atoms with Crippen LogP contribution in [0.3, 0.4) is 0 Å². The van der Waals surface area contributed by atoms with E-state index in [1.165, 1.54) is 6.33 Å². The lowest BCUT2D eigenvalue weighted by molar-refractivity contribution is 0.0765. The van der Waals surface area contributed by atoms with Gasteiger partial charge in [-0.05, 0) is 24.3 Å². The normalized spacial score (nSPS) is 17.7. The first-order valence-corrected chi connectivity index (χ1v) is 8.93. The Hall–Kier alpha value is -3.62. The summed E-state index contributed by atoms with van der Waals surface area (Å²) in [4.78, 5) is 22.5. The zero-order chi connectivity index (χ0) is 18.9. The Balaban J connectivity index is 1.26. The van der Waals surface area contributed by atoms with Gasteiger partial charge in [-0.1, -0.05) is 0 Å². The lowest BCUT2D eigenvalue weighted by Crippen LogP contribution is -2.31. The summed E-state index contributed by atoms with van der Waals surface area (Å²) in [5.74, 6) is 1.80. The molecule has 1 unspecified atom stereocenters. The molecule has 142 valence electrons. The molecule has 9 nitrogen and oxygen atoms in total. The third-order valence-corrected chi connectivity index (χ3v) is 4.75. The van der Waals surface area contributed by atoms with Crippen LogP contribution in [0.2, 0.25) is 0 Å². The number of carbonyl (C=O) groups is 1. The molecule has 0 aliphatic carbocycles. The molecule has 0 radical (unpaired) electrons. The van der Waals surface area contributed by atoms with Crippen LogP contribution in [0.5, 0.6) is 17.4 Å². The Bertz CT molecular complexity index is 1010. The summed E-state index contributed by atoms with van der Waals surface area (Å²) in [5, 5.41) is 7.11. The number of hydrogen-bond donors (Lipinski definition) is 1. The highest BCUT2D eigenvalue weighted by Crippen LogP contribution is 2.35. The van der Waals surface area contributed by atoms with Gasteiger partial charge in [0.2, 0.25) is 12.7 Å². The van der Waals surface area contributed by atoms with E-state index in [1.807, 2.05) is 18.2 Å². The first-order valence-electron chi connectivity index (χ1n) is 8.93. The quantitative estimate of drug-likeness (QED) is 0.738. The third kappa shape index (κ3) is 3.11. The summed E-state index contributed by atoms with van der Waals surface area (Å²) in [6.07, 6.45) is 3.73. The first kappa shape index (κ1) is 16.5. The van der Waals surface area contributed by atoms with Gasteiger partial charge in [-0.2, -0.15) is 5.10 Å². The van der Waals surface area contributed by atoms with Crippen molar-refractivity contribution >= 4 is 5.91 Å². The van der Waals surface area contributed by atoms with Crippen LogP contribution in [-0.2, 0) is 0 Å². The van der Waals surface area contributed by atoms with Gasteiger partial charge in [0.1, 0.15) is 18.1 Å². The molecule has 1 aromatic carbocycles. The number of likely N-dealkylation sites (tertiary alicyclic amines) is 1. The van der Waals surface area contributed by atoms with Gasteiger partial charge >= 0.3 is 0 Å². The van der Waals surface area contributed by atoms with Gasteiger partial charge < -0.3 is 19.1 Å². The molecule has 1 amide bonds. The Morgan fingerprint density at radius 2 is 2.14 bits per heavy atom. The van der Waals surface area contributed by atoms with Gasteiger partial charge in [0.25, 0.3) is 5.91 Å². The molecule has 1 fully saturated rings. The Kier molecular flexibility index (Phi) is 4.04. The number of aromatic nitrogens is 4. The van der Waals surface area contributed by atoms with Crippen LogP contribution in [-0.4, -0.2) is 57.0 Å². The van der Waals surface area contributed by atoms with Crippen LogP contribution in [0.4, 0.5) is 0 Å². The van der Waals surface area contributed by atoms with E-state index in [2.05, 4.69) is 20.2 Å². The molecule has 2 aliphatic heterocycles. The monoisotopic (exact) mass is 379 g/mol. The van der Waals surface area contributed by atoms with E-state index in [0.717, 1.165) is 12.0 Å². The number of nitrogens with zero attached hydrogens (tertiary/aromatic N) is 4. The second kappa shape index (κ2) is 6.84. The summed E-state index contributed by atoms with van der Waals surface area (Å²) >= 11 is 0. The molecule has 0 spiro atoms. The van der Waals surface area contributed by atoms with E-state index in [1.54, 1.807) is 23.2 Å². The maximum Gasteiger partial charge on any atom is 0.272 e. The fourth-order valence-electron chi connectivity index (χ4n) is 3.33. The van der Waals surface area contributed by atoms with Crippen LogP contribution in [0.15, 0.2) is 42.9 Å². The van der Waals surface area contributed by atoms with Gasteiger partial charge in [-0.25, -0.2) is 9.97 Å². The van der Waals surface area contributed by atoms with Crippen molar-refractivity contribution in [2.75, 3.05) is 19.9 Å². The van der Waals surface area contributed by atoms with Crippen LogP contribution >= 0.6 is 0 Å². The topological polar surface area (TPSA) is 102 Å². The molecule has 0 bridgehead atoms. The summed E-state index contributed by atoms with van der Waals surface area (Å²) < 4.78 is 16.5. The first-order chi connectivity index (χ1) is 13.8. The molecule has 1 saturated heterocycles. The van der Waals surface area contributed by atoms with Gasteiger partial charge in [-0.3, -0.25) is 9.89 Å². The smallest absolute Gasteiger partial charge is 0.272 e. The minimum absolute atomic E-state index is 0.0879. The van der Waals surface area contributed by atoms with Gasteiger partial charge in [0, 0.05) is 30.8 Å². The van der Waals surface area contributed by atoms with Crippen molar-refractivity contribution in [3.8, 4) is 28.6 Å². The van der Waals surface area contributed by atoms with Crippen molar-refractivity contribution in [2.45, 2.75) is 12.5 Å². The van der Waals surface area contributed by atoms with Gasteiger partial charge in [-0.15, -0.1) is 0 Å². The van der Waals surface area contributed by atoms with Crippen LogP contribution in [0.25, 0.3) is 11.3 Å². The number of benzene rings is 1. The number of fused-ring (bicyclic) bond motifs is 1. The second-order valence-electron chi connectivity index (χ2n) is 6.56. The SMILES string of the molecule is O=C(c1cc(-c2ccc3c(c2)OCO3)n[nH]1)N1CCC(Oc2ccncn2)C1. The van der Waals surface area contributed by atoms with Crippen molar-refractivity contribution in [1.29, 1.82) is 0 Å². The second-order valence-corrected chi connectivity index (χ2v) is 6.56. The number of ether oxygens (including phenoxy) is 3. The number of H-pyrrole nitrogens is 1. The molecule has 28 heavy (non-hydrogen) atoms. The lowest BCUT2D eigenvalue weighted by Gasteiger charge is -2.15. The van der Waals surface area contributed by atoms with E-state index in [9.17, 15) is 4.79 Å². The standard InChI is InChI=1S/C19H17N5O4/c25-19(24-6-4-13(9-24)28-18-3-5-20-10-21-18)15-8-14(22-23-15)12-1-2-16-17(7-12)27-11-26-16/h1-3,5,7-8,10,13H,4,6,9,11H2,(H,22,23). The maximum absolute atomic E-state index is 12.8.